The van der Waals surface area contributed by atoms with Crippen LogP contribution in [0.1, 0.15) is 18.1 Å². The molecule has 0 bridgehead atoms. The lowest BCUT2D eigenvalue weighted by atomic mass is 10.1. The average Bonchev–Trinajstić information content (AvgIpc) is 3.31. The summed E-state index contributed by atoms with van der Waals surface area (Å²) in [7, 11) is 0. The number of para-hydroxylation sites is 1. The van der Waals surface area contributed by atoms with Gasteiger partial charge in [-0.1, -0.05) is 42.1 Å². The van der Waals surface area contributed by atoms with Gasteiger partial charge in [0.05, 0.1) is 10.8 Å². The number of thioether (sulfide) groups is 1. The molecule has 6 nitrogen and oxygen atoms in total. The normalized spacial score (nSPS) is 12.2. The third kappa shape index (κ3) is 3.66. The molecule has 7 heteroatoms. The Labute approximate surface area is 166 Å². The highest BCUT2D eigenvalue weighted by atomic mass is 32.2. The molecule has 142 valence electrons. The number of anilines is 1. The van der Waals surface area contributed by atoms with Gasteiger partial charge in [-0.05, 0) is 44.0 Å². The fraction of sp³-hybridized carbons (Fsp3) is 0.190. The van der Waals surface area contributed by atoms with E-state index in [1.807, 2.05) is 69.4 Å². The summed E-state index contributed by atoms with van der Waals surface area (Å²) in [6, 6.07) is 13.9. The number of rotatable bonds is 5. The Bertz CT molecular complexity index is 1150. The largest absolute Gasteiger partial charge is 0.411 e. The third-order valence-electron chi connectivity index (χ3n) is 4.52. The molecule has 4 rings (SSSR count). The van der Waals surface area contributed by atoms with Crippen molar-refractivity contribution in [3.63, 3.8) is 0 Å². The van der Waals surface area contributed by atoms with E-state index in [9.17, 15) is 4.79 Å². The van der Waals surface area contributed by atoms with Crippen molar-refractivity contribution >= 4 is 34.3 Å². The molecule has 2 aromatic carbocycles. The van der Waals surface area contributed by atoms with Crippen molar-refractivity contribution in [3.05, 3.63) is 59.8 Å². The molecule has 0 spiro atoms. The van der Waals surface area contributed by atoms with Gasteiger partial charge < -0.3 is 14.7 Å². The maximum atomic E-state index is 12.6. The number of H-pyrrole nitrogens is 1. The Balaban J connectivity index is 1.47. The van der Waals surface area contributed by atoms with E-state index in [2.05, 4.69) is 20.5 Å². The molecule has 0 unspecified atom stereocenters. The van der Waals surface area contributed by atoms with E-state index in [-0.39, 0.29) is 11.2 Å². The smallest absolute Gasteiger partial charge is 0.277 e. The predicted octanol–water partition coefficient (Wildman–Crippen LogP) is 4.95. The van der Waals surface area contributed by atoms with E-state index in [1.54, 1.807) is 0 Å². The molecule has 0 aliphatic rings. The summed E-state index contributed by atoms with van der Waals surface area (Å²) in [5.41, 5.74) is 4.80. The topological polar surface area (TPSA) is 83.8 Å². The molecular weight excluding hydrogens is 372 g/mol. The first-order valence-corrected chi connectivity index (χ1v) is 9.84. The molecule has 0 fully saturated rings. The zero-order chi connectivity index (χ0) is 19.7. The van der Waals surface area contributed by atoms with Crippen LogP contribution in [0.3, 0.4) is 0 Å². The Hall–Kier alpha value is -3.06. The lowest BCUT2D eigenvalue weighted by molar-refractivity contribution is -0.115. The summed E-state index contributed by atoms with van der Waals surface area (Å²) in [6.07, 6.45) is 1.85. The van der Waals surface area contributed by atoms with Crippen molar-refractivity contribution in [1.82, 2.24) is 15.2 Å². The molecule has 0 aliphatic heterocycles. The number of hydrogen-bond donors (Lipinski definition) is 2. The SMILES string of the molecule is Cc1ccc(C)c(NC(=O)[C@H](C)Sc2nnc(-c3c[nH]c4ccccc34)o2)c1. The average molecular weight is 392 g/mol. The van der Waals surface area contributed by atoms with Crippen LogP contribution in [0.2, 0.25) is 0 Å². The van der Waals surface area contributed by atoms with Crippen LogP contribution in [-0.2, 0) is 4.79 Å². The molecule has 2 N–H and O–H groups in total. The predicted molar refractivity (Wildman–Crippen MR) is 111 cm³/mol. The van der Waals surface area contributed by atoms with E-state index in [4.69, 9.17) is 4.42 Å². The van der Waals surface area contributed by atoms with Crippen LogP contribution in [-0.4, -0.2) is 26.3 Å². The van der Waals surface area contributed by atoms with Crippen LogP contribution < -0.4 is 5.32 Å². The summed E-state index contributed by atoms with van der Waals surface area (Å²) in [6.45, 7) is 5.79. The quantitative estimate of drug-likeness (QED) is 0.469. The molecule has 2 aromatic heterocycles. The highest BCUT2D eigenvalue weighted by Gasteiger charge is 2.20. The van der Waals surface area contributed by atoms with Crippen molar-refractivity contribution in [1.29, 1.82) is 0 Å². The Kier molecular flexibility index (Phi) is 4.92. The van der Waals surface area contributed by atoms with Crippen LogP contribution in [0.15, 0.2) is 58.3 Å². The Morgan fingerprint density at radius 3 is 2.86 bits per heavy atom. The maximum Gasteiger partial charge on any atom is 0.277 e. The van der Waals surface area contributed by atoms with Gasteiger partial charge in [-0.3, -0.25) is 4.79 Å². The van der Waals surface area contributed by atoms with Crippen molar-refractivity contribution in [3.8, 4) is 11.5 Å². The van der Waals surface area contributed by atoms with Gasteiger partial charge in [0.15, 0.2) is 0 Å². The second-order valence-electron chi connectivity index (χ2n) is 6.69. The molecule has 1 amide bonds. The van der Waals surface area contributed by atoms with Crippen molar-refractivity contribution in [2.75, 3.05) is 5.32 Å². The fourth-order valence-electron chi connectivity index (χ4n) is 2.92. The number of nitrogens with one attached hydrogen (secondary N) is 2. The summed E-state index contributed by atoms with van der Waals surface area (Å²) in [5.74, 6) is 0.327. The Morgan fingerprint density at radius 2 is 2.00 bits per heavy atom. The number of benzene rings is 2. The molecule has 0 radical (unpaired) electrons. The van der Waals surface area contributed by atoms with Crippen LogP contribution in [0, 0.1) is 13.8 Å². The summed E-state index contributed by atoms with van der Waals surface area (Å²) >= 11 is 1.24. The monoisotopic (exact) mass is 392 g/mol. The minimum atomic E-state index is -0.379. The van der Waals surface area contributed by atoms with Gasteiger partial charge in [0, 0.05) is 22.8 Å². The van der Waals surface area contributed by atoms with Crippen molar-refractivity contribution in [2.45, 2.75) is 31.2 Å². The lowest BCUT2D eigenvalue weighted by Gasteiger charge is -2.12. The first kappa shape index (κ1) is 18.3. The maximum absolute atomic E-state index is 12.6. The van der Waals surface area contributed by atoms with Gasteiger partial charge >= 0.3 is 0 Å². The third-order valence-corrected chi connectivity index (χ3v) is 5.46. The van der Waals surface area contributed by atoms with Gasteiger partial charge in [0.1, 0.15) is 0 Å². The zero-order valence-electron chi connectivity index (χ0n) is 15.8. The number of nitrogens with zero attached hydrogens (tertiary/aromatic N) is 2. The van der Waals surface area contributed by atoms with E-state index in [0.717, 1.165) is 33.3 Å². The zero-order valence-corrected chi connectivity index (χ0v) is 16.6. The first-order chi connectivity index (χ1) is 13.5. The number of aryl methyl sites for hydroxylation is 2. The number of amides is 1. The number of aromatic nitrogens is 3. The second-order valence-corrected chi connectivity index (χ2v) is 7.98. The highest BCUT2D eigenvalue weighted by molar-refractivity contribution is 8.00. The number of carbonyl (C=O) groups excluding carboxylic acids is 1. The van der Waals surface area contributed by atoms with Crippen LogP contribution in [0.4, 0.5) is 5.69 Å². The highest BCUT2D eigenvalue weighted by Crippen LogP contribution is 2.31. The summed E-state index contributed by atoms with van der Waals surface area (Å²) < 4.78 is 5.79. The molecule has 28 heavy (non-hydrogen) atoms. The molecule has 2 heterocycles. The van der Waals surface area contributed by atoms with E-state index in [1.165, 1.54) is 11.8 Å². The first-order valence-electron chi connectivity index (χ1n) is 8.96. The number of hydrogen-bond acceptors (Lipinski definition) is 5. The Morgan fingerprint density at radius 1 is 1.18 bits per heavy atom. The minimum Gasteiger partial charge on any atom is -0.411 e. The van der Waals surface area contributed by atoms with Crippen LogP contribution in [0.25, 0.3) is 22.4 Å². The molecular formula is C21H20N4O2S. The standard InChI is InChI=1S/C21H20N4O2S/c1-12-8-9-13(2)18(10-12)23-19(26)14(3)28-21-25-24-20(27-21)16-11-22-17-7-5-4-6-15(16)17/h4-11,14,22H,1-3H3,(H,23,26)/t14-/m0/s1. The summed E-state index contributed by atoms with van der Waals surface area (Å²) in [5, 5.41) is 12.2. The molecule has 0 saturated heterocycles. The van der Waals surface area contributed by atoms with Crippen molar-refractivity contribution < 1.29 is 9.21 Å². The van der Waals surface area contributed by atoms with E-state index >= 15 is 0 Å². The molecule has 1 atom stereocenters. The fourth-order valence-corrected chi connectivity index (χ4v) is 3.61. The molecule has 0 aliphatic carbocycles. The van der Waals surface area contributed by atoms with Gasteiger partial charge in [-0.15, -0.1) is 10.2 Å². The van der Waals surface area contributed by atoms with Gasteiger partial charge in [-0.25, -0.2) is 0 Å². The number of carbonyl (C=O) groups is 1. The number of fused-ring (bicyclic) bond motifs is 1. The number of aromatic amines is 1. The van der Waals surface area contributed by atoms with Gasteiger partial charge in [0.25, 0.3) is 11.1 Å². The van der Waals surface area contributed by atoms with E-state index < -0.39 is 0 Å². The van der Waals surface area contributed by atoms with Crippen molar-refractivity contribution in [2.24, 2.45) is 0 Å². The van der Waals surface area contributed by atoms with E-state index in [0.29, 0.717) is 11.1 Å². The second kappa shape index (κ2) is 7.52. The molecule has 4 aromatic rings. The van der Waals surface area contributed by atoms with Gasteiger partial charge in [-0.2, -0.15) is 0 Å². The molecule has 0 saturated carbocycles. The van der Waals surface area contributed by atoms with Gasteiger partial charge in [0.2, 0.25) is 5.91 Å². The van der Waals surface area contributed by atoms with Crippen LogP contribution >= 0.6 is 11.8 Å². The summed E-state index contributed by atoms with van der Waals surface area (Å²) in [4.78, 5) is 15.8. The lowest BCUT2D eigenvalue weighted by Crippen LogP contribution is -2.22. The minimum absolute atomic E-state index is 0.106. The van der Waals surface area contributed by atoms with Crippen LogP contribution in [0.5, 0.6) is 0 Å².